The topological polar surface area (TPSA) is 37.0 Å². The normalized spacial score (nSPS) is 19.9. The summed E-state index contributed by atoms with van der Waals surface area (Å²) in [5.74, 6) is 0.995. The van der Waals surface area contributed by atoms with Crippen LogP contribution in [0.15, 0.2) is 24.4 Å². The van der Waals surface area contributed by atoms with Gasteiger partial charge in [0.1, 0.15) is 12.4 Å². The zero-order chi connectivity index (χ0) is 11.7. The number of ether oxygens (including phenoxy) is 1. The lowest BCUT2D eigenvalue weighted by molar-refractivity contribution is 0.280. The molecule has 1 aliphatic heterocycles. The number of nitrogens with one attached hydrogen (secondary N) is 2. The van der Waals surface area contributed by atoms with Crippen LogP contribution >= 0.6 is 0 Å². The van der Waals surface area contributed by atoms with Crippen molar-refractivity contribution in [3.63, 3.8) is 0 Å². The zero-order valence-electron chi connectivity index (χ0n) is 10.1. The Labute approximate surface area is 101 Å². The molecule has 1 saturated heterocycles. The number of hydrogen-bond donors (Lipinski definition) is 2. The Bertz CT molecular complexity index is 512. The molecule has 0 spiro atoms. The van der Waals surface area contributed by atoms with E-state index in [0.717, 1.165) is 24.4 Å². The number of H-pyrrole nitrogens is 1. The number of aromatic nitrogens is 1. The van der Waals surface area contributed by atoms with E-state index in [0.29, 0.717) is 6.04 Å². The molecule has 3 nitrogen and oxygen atoms in total. The van der Waals surface area contributed by atoms with Gasteiger partial charge in [-0.05, 0) is 44.0 Å². The van der Waals surface area contributed by atoms with Gasteiger partial charge in [-0.2, -0.15) is 0 Å². The van der Waals surface area contributed by atoms with Gasteiger partial charge in [-0.15, -0.1) is 0 Å². The van der Waals surface area contributed by atoms with Crippen molar-refractivity contribution in [1.82, 2.24) is 10.3 Å². The van der Waals surface area contributed by atoms with E-state index in [1.807, 2.05) is 12.3 Å². The summed E-state index contributed by atoms with van der Waals surface area (Å²) in [5.41, 5.74) is 2.40. The first-order valence-electron chi connectivity index (χ1n) is 6.27. The molecule has 17 heavy (non-hydrogen) atoms. The average Bonchev–Trinajstić information content (AvgIpc) is 2.97. The fourth-order valence-electron chi connectivity index (χ4n) is 2.53. The Hall–Kier alpha value is -1.48. The summed E-state index contributed by atoms with van der Waals surface area (Å²) in [4.78, 5) is 3.26. The van der Waals surface area contributed by atoms with Crippen molar-refractivity contribution in [3.05, 3.63) is 30.0 Å². The molecular formula is C14H18N2O. The van der Waals surface area contributed by atoms with Gasteiger partial charge in [0.05, 0.1) is 0 Å². The second kappa shape index (κ2) is 4.41. The van der Waals surface area contributed by atoms with Gasteiger partial charge >= 0.3 is 0 Å². The van der Waals surface area contributed by atoms with Crippen molar-refractivity contribution in [3.8, 4) is 5.75 Å². The number of fused-ring (bicyclic) bond motifs is 1. The molecular weight excluding hydrogens is 212 g/mol. The third-order valence-corrected chi connectivity index (χ3v) is 3.47. The Morgan fingerprint density at radius 3 is 3.18 bits per heavy atom. The average molecular weight is 230 g/mol. The molecule has 1 aliphatic rings. The third kappa shape index (κ3) is 2.03. The highest BCUT2D eigenvalue weighted by Gasteiger charge is 2.15. The summed E-state index contributed by atoms with van der Waals surface area (Å²) >= 11 is 0. The van der Waals surface area contributed by atoms with Gasteiger partial charge in [0.25, 0.3) is 0 Å². The predicted molar refractivity (Wildman–Crippen MR) is 69.6 cm³/mol. The van der Waals surface area contributed by atoms with Crippen LogP contribution in [0.2, 0.25) is 0 Å². The van der Waals surface area contributed by atoms with Gasteiger partial charge in [-0.1, -0.05) is 6.07 Å². The zero-order valence-corrected chi connectivity index (χ0v) is 10.1. The summed E-state index contributed by atoms with van der Waals surface area (Å²) in [6.45, 7) is 4.00. The first kappa shape index (κ1) is 10.7. The molecule has 3 rings (SSSR count). The van der Waals surface area contributed by atoms with Crippen molar-refractivity contribution in [2.75, 3.05) is 13.2 Å². The molecule has 1 aromatic carbocycles. The van der Waals surface area contributed by atoms with Crippen LogP contribution in [0.5, 0.6) is 5.75 Å². The first-order chi connectivity index (χ1) is 8.34. The minimum Gasteiger partial charge on any atom is -0.491 e. The maximum atomic E-state index is 5.96. The quantitative estimate of drug-likeness (QED) is 0.850. The largest absolute Gasteiger partial charge is 0.491 e. The summed E-state index contributed by atoms with van der Waals surface area (Å²) in [5, 5.41) is 4.66. The molecule has 1 unspecified atom stereocenters. The number of aryl methyl sites for hydroxylation is 1. The maximum Gasteiger partial charge on any atom is 0.129 e. The monoisotopic (exact) mass is 230 g/mol. The van der Waals surface area contributed by atoms with Crippen molar-refractivity contribution >= 4 is 10.9 Å². The van der Waals surface area contributed by atoms with Gasteiger partial charge in [-0.3, -0.25) is 0 Å². The number of aromatic amines is 1. The second-order valence-corrected chi connectivity index (χ2v) is 4.75. The molecule has 0 radical (unpaired) electrons. The Balaban J connectivity index is 1.81. The van der Waals surface area contributed by atoms with Crippen molar-refractivity contribution in [2.24, 2.45) is 0 Å². The highest BCUT2D eigenvalue weighted by atomic mass is 16.5. The lowest BCUT2D eigenvalue weighted by Crippen LogP contribution is -2.28. The Kier molecular flexibility index (Phi) is 2.77. The van der Waals surface area contributed by atoms with E-state index in [9.17, 15) is 0 Å². The van der Waals surface area contributed by atoms with E-state index >= 15 is 0 Å². The lowest BCUT2D eigenvalue weighted by atomic mass is 10.2. The minimum atomic E-state index is 0.518. The molecule has 3 heteroatoms. The molecule has 1 fully saturated rings. The molecule has 0 amide bonds. The first-order valence-corrected chi connectivity index (χ1v) is 6.27. The minimum absolute atomic E-state index is 0.518. The SMILES string of the molecule is Cc1c[nH]c2cccc(OCC3CCCN3)c12. The number of benzene rings is 1. The molecule has 1 aromatic heterocycles. The van der Waals surface area contributed by atoms with E-state index in [2.05, 4.69) is 29.4 Å². The highest BCUT2D eigenvalue weighted by molar-refractivity contribution is 5.89. The van der Waals surface area contributed by atoms with Gasteiger partial charge in [0, 0.05) is 23.1 Å². The summed E-state index contributed by atoms with van der Waals surface area (Å²) in [7, 11) is 0. The Morgan fingerprint density at radius 1 is 1.41 bits per heavy atom. The molecule has 0 bridgehead atoms. The molecule has 1 atom stereocenters. The van der Waals surface area contributed by atoms with Gasteiger partial charge in [0.2, 0.25) is 0 Å². The maximum absolute atomic E-state index is 5.96. The number of rotatable bonds is 3. The van der Waals surface area contributed by atoms with Crippen LogP contribution in [0.25, 0.3) is 10.9 Å². The van der Waals surface area contributed by atoms with Gasteiger partial charge in [-0.25, -0.2) is 0 Å². The third-order valence-electron chi connectivity index (χ3n) is 3.47. The Morgan fingerprint density at radius 2 is 2.35 bits per heavy atom. The van der Waals surface area contributed by atoms with Crippen molar-refractivity contribution < 1.29 is 4.74 Å². The number of hydrogen-bond acceptors (Lipinski definition) is 2. The van der Waals surface area contributed by atoms with Gasteiger partial charge < -0.3 is 15.0 Å². The molecule has 2 N–H and O–H groups in total. The standard InChI is InChI=1S/C14H18N2O/c1-10-8-16-12-5-2-6-13(14(10)12)17-9-11-4-3-7-15-11/h2,5-6,8,11,15-16H,3-4,7,9H2,1H3. The summed E-state index contributed by atoms with van der Waals surface area (Å²) in [6, 6.07) is 6.70. The van der Waals surface area contributed by atoms with Crippen LogP contribution in [0, 0.1) is 6.92 Å². The second-order valence-electron chi connectivity index (χ2n) is 4.75. The van der Waals surface area contributed by atoms with E-state index < -0.39 is 0 Å². The molecule has 2 heterocycles. The van der Waals surface area contributed by atoms with E-state index in [-0.39, 0.29) is 0 Å². The van der Waals surface area contributed by atoms with E-state index in [1.54, 1.807) is 0 Å². The summed E-state index contributed by atoms with van der Waals surface area (Å²) < 4.78 is 5.96. The van der Waals surface area contributed by atoms with Crippen LogP contribution < -0.4 is 10.1 Å². The summed E-state index contributed by atoms with van der Waals surface area (Å²) in [6.07, 6.45) is 4.52. The van der Waals surface area contributed by atoms with Gasteiger partial charge in [0.15, 0.2) is 0 Å². The molecule has 0 aliphatic carbocycles. The van der Waals surface area contributed by atoms with E-state index in [4.69, 9.17) is 4.74 Å². The fourth-order valence-corrected chi connectivity index (χ4v) is 2.53. The predicted octanol–water partition coefficient (Wildman–Crippen LogP) is 2.61. The smallest absolute Gasteiger partial charge is 0.129 e. The lowest BCUT2D eigenvalue weighted by Gasteiger charge is -2.13. The molecule has 90 valence electrons. The van der Waals surface area contributed by atoms with Crippen LogP contribution in [0.4, 0.5) is 0 Å². The van der Waals surface area contributed by atoms with Crippen LogP contribution in [-0.2, 0) is 0 Å². The van der Waals surface area contributed by atoms with Crippen LogP contribution in [0.1, 0.15) is 18.4 Å². The van der Waals surface area contributed by atoms with Crippen molar-refractivity contribution in [1.29, 1.82) is 0 Å². The van der Waals surface area contributed by atoms with Crippen LogP contribution in [0.3, 0.4) is 0 Å². The van der Waals surface area contributed by atoms with Crippen LogP contribution in [-0.4, -0.2) is 24.2 Å². The molecule has 2 aromatic rings. The van der Waals surface area contributed by atoms with Crippen molar-refractivity contribution in [2.45, 2.75) is 25.8 Å². The van der Waals surface area contributed by atoms with E-state index in [1.165, 1.54) is 23.8 Å². The highest BCUT2D eigenvalue weighted by Crippen LogP contribution is 2.28. The fraction of sp³-hybridized carbons (Fsp3) is 0.429. The molecule has 0 saturated carbocycles.